The Balaban J connectivity index is 2.18. The van der Waals surface area contributed by atoms with Crippen molar-refractivity contribution in [3.63, 3.8) is 0 Å². The molecule has 0 spiro atoms. The molecule has 0 radical (unpaired) electrons. The molecule has 118 valence electrons. The Bertz CT molecular complexity index is 630. The van der Waals surface area contributed by atoms with Gasteiger partial charge in [0.1, 0.15) is 0 Å². The fraction of sp³-hybridized carbons (Fsp3) is 0.571. The fourth-order valence-electron chi connectivity index (χ4n) is 2.56. The molecule has 0 heterocycles. The number of nitrogens with one attached hydrogen (secondary N) is 1. The van der Waals surface area contributed by atoms with E-state index >= 15 is 0 Å². The summed E-state index contributed by atoms with van der Waals surface area (Å²) in [6.45, 7) is 3.72. The van der Waals surface area contributed by atoms with Gasteiger partial charge in [-0.25, -0.2) is 13.1 Å². The number of aliphatic hydroxyl groups is 1. The normalized spacial score (nSPS) is 24.6. The summed E-state index contributed by atoms with van der Waals surface area (Å²) in [5.41, 5.74) is 0.246. The molecule has 0 bridgehead atoms. The highest BCUT2D eigenvalue weighted by atomic mass is 35.5. The number of hydrogen-bond donors (Lipinski definition) is 2. The van der Waals surface area contributed by atoms with Gasteiger partial charge in [0.15, 0.2) is 0 Å². The van der Waals surface area contributed by atoms with Crippen LogP contribution in [0.25, 0.3) is 0 Å². The quantitative estimate of drug-likeness (QED) is 0.863. The summed E-state index contributed by atoms with van der Waals surface area (Å²) in [5.74, 6) is 0. The standard InChI is InChI=1S/C14H20ClNO4S/c1-14(2)12(7-13(14)20-3)16-21(18,19)10-5-4-9(8-17)11(15)6-10/h4-6,12-13,16-17H,7-8H2,1-3H3. The van der Waals surface area contributed by atoms with E-state index in [1.165, 1.54) is 18.2 Å². The molecule has 0 saturated heterocycles. The maximum absolute atomic E-state index is 12.4. The summed E-state index contributed by atoms with van der Waals surface area (Å²) in [4.78, 5) is 0.0985. The van der Waals surface area contributed by atoms with Gasteiger partial charge in [-0.05, 0) is 24.1 Å². The minimum atomic E-state index is -3.64. The van der Waals surface area contributed by atoms with Gasteiger partial charge in [0, 0.05) is 23.6 Å². The topological polar surface area (TPSA) is 75.6 Å². The van der Waals surface area contributed by atoms with Crippen LogP contribution in [-0.2, 0) is 21.4 Å². The number of benzene rings is 1. The first-order valence-electron chi connectivity index (χ1n) is 6.66. The first-order valence-corrected chi connectivity index (χ1v) is 8.53. The number of hydrogen-bond acceptors (Lipinski definition) is 4. The lowest BCUT2D eigenvalue weighted by Crippen LogP contribution is -2.61. The van der Waals surface area contributed by atoms with Gasteiger partial charge in [-0.15, -0.1) is 0 Å². The number of aliphatic hydroxyl groups excluding tert-OH is 1. The van der Waals surface area contributed by atoms with E-state index in [1.54, 1.807) is 7.11 Å². The molecule has 2 atom stereocenters. The molecule has 0 aliphatic heterocycles. The van der Waals surface area contributed by atoms with Gasteiger partial charge in [0.2, 0.25) is 10.0 Å². The van der Waals surface area contributed by atoms with Crippen LogP contribution < -0.4 is 4.72 Å². The van der Waals surface area contributed by atoms with Gasteiger partial charge >= 0.3 is 0 Å². The van der Waals surface area contributed by atoms with Crippen molar-refractivity contribution in [1.29, 1.82) is 0 Å². The smallest absolute Gasteiger partial charge is 0.240 e. The van der Waals surface area contributed by atoms with E-state index in [0.717, 1.165) is 0 Å². The number of sulfonamides is 1. The highest BCUT2D eigenvalue weighted by molar-refractivity contribution is 7.89. The predicted molar refractivity (Wildman–Crippen MR) is 80.7 cm³/mol. The van der Waals surface area contributed by atoms with Crippen molar-refractivity contribution in [3.05, 3.63) is 28.8 Å². The summed E-state index contributed by atoms with van der Waals surface area (Å²) in [7, 11) is -2.01. The average molecular weight is 334 g/mol. The van der Waals surface area contributed by atoms with E-state index in [-0.39, 0.29) is 34.1 Å². The maximum atomic E-state index is 12.4. The molecule has 21 heavy (non-hydrogen) atoms. The van der Waals surface area contributed by atoms with E-state index in [0.29, 0.717) is 12.0 Å². The summed E-state index contributed by atoms with van der Waals surface area (Å²) >= 11 is 5.95. The third-order valence-electron chi connectivity index (χ3n) is 4.26. The molecule has 1 aliphatic carbocycles. The lowest BCUT2D eigenvalue weighted by Gasteiger charge is -2.50. The fourth-order valence-corrected chi connectivity index (χ4v) is 4.30. The van der Waals surface area contributed by atoms with Gasteiger partial charge in [-0.2, -0.15) is 0 Å². The SMILES string of the molecule is COC1CC(NS(=O)(=O)c2ccc(CO)c(Cl)c2)C1(C)C. The van der Waals surface area contributed by atoms with Crippen LogP contribution in [0.4, 0.5) is 0 Å². The highest BCUT2D eigenvalue weighted by Crippen LogP contribution is 2.43. The summed E-state index contributed by atoms with van der Waals surface area (Å²) < 4.78 is 32.8. The van der Waals surface area contributed by atoms with E-state index < -0.39 is 10.0 Å². The van der Waals surface area contributed by atoms with Gasteiger partial charge < -0.3 is 9.84 Å². The molecule has 1 saturated carbocycles. The van der Waals surface area contributed by atoms with Crippen molar-refractivity contribution >= 4 is 21.6 Å². The highest BCUT2D eigenvalue weighted by Gasteiger charge is 2.50. The first-order chi connectivity index (χ1) is 9.72. The summed E-state index contributed by atoms with van der Waals surface area (Å²) in [6, 6.07) is 4.14. The van der Waals surface area contributed by atoms with Crippen molar-refractivity contribution in [2.75, 3.05) is 7.11 Å². The minimum absolute atomic E-state index is 0.0468. The lowest BCUT2D eigenvalue weighted by atomic mass is 9.65. The molecular weight excluding hydrogens is 314 g/mol. The second-order valence-electron chi connectivity index (χ2n) is 5.87. The molecule has 7 heteroatoms. The second-order valence-corrected chi connectivity index (χ2v) is 7.99. The largest absolute Gasteiger partial charge is 0.392 e. The molecule has 2 N–H and O–H groups in total. The summed E-state index contributed by atoms with van der Waals surface area (Å²) in [5, 5.41) is 9.31. The molecule has 2 unspecified atom stereocenters. The van der Waals surface area contributed by atoms with Crippen molar-refractivity contribution in [3.8, 4) is 0 Å². The van der Waals surface area contributed by atoms with Crippen molar-refractivity contribution < 1.29 is 18.3 Å². The lowest BCUT2D eigenvalue weighted by molar-refractivity contribution is -0.0908. The monoisotopic (exact) mass is 333 g/mol. The minimum Gasteiger partial charge on any atom is -0.392 e. The van der Waals surface area contributed by atoms with Crippen LogP contribution in [0.5, 0.6) is 0 Å². The van der Waals surface area contributed by atoms with Gasteiger partial charge in [0.05, 0.1) is 17.6 Å². The zero-order valence-electron chi connectivity index (χ0n) is 12.3. The molecule has 1 fully saturated rings. The molecule has 1 aliphatic rings. The Labute approximate surface area is 130 Å². The maximum Gasteiger partial charge on any atom is 0.240 e. The van der Waals surface area contributed by atoms with E-state index in [4.69, 9.17) is 21.4 Å². The molecule has 1 aromatic rings. The zero-order chi connectivity index (χ0) is 15.8. The number of methoxy groups -OCH3 is 1. The average Bonchev–Trinajstić information content (AvgIpc) is 2.42. The zero-order valence-corrected chi connectivity index (χ0v) is 13.8. The Morgan fingerprint density at radius 1 is 1.48 bits per heavy atom. The molecule has 1 aromatic carbocycles. The Morgan fingerprint density at radius 3 is 2.62 bits per heavy atom. The molecule has 2 rings (SSSR count). The summed E-state index contributed by atoms with van der Waals surface area (Å²) in [6.07, 6.45) is 0.691. The number of rotatable bonds is 5. The Hall–Kier alpha value is -0.660. The second kappa shape index (κ2) is 5.85. The van der Waals surface area contributed by atoms with Crippen LogP contribution in [-0.4, -0.2) is 32.8 Å². The van der Waals surface area contributed by atoms with Crippen LogP contribution in [0.2, 0.25) is 5.02 Å². The van der Waals surface area contributed by atoms with Crippen molar-refractivity contribution in [1.82, 2.24) is 4.72 Å². The Morgan fingerprint density at radius 2 is 2.14 bits per heavy atom. The van der Waals surface area contributed by atoms with Crippen molar-refractivity contribution in [2.45, 2.75) is 43.9 Å². The van der Waals surface area contributed by atoms with Crippen LogP contribution in [0.1, 0.15) is 25.8 Å². The first kappa shape index (κ1) is 16.7. The third-order valence-corrected chi connectivity index (χ3v) is 6.09. The van der Waals surface area contributed by atoms with Gasteiger partial charge in [-0.1, -0.05) is 31.5 Å². The predicted octanol–water partition coefficient (Wildman–Crippen LogP) is 1.92. The van der Waals surface area contributed by atoms with Crippen LogP contribution in [0.3, 0.4) is 0 Å². The molecule has 5 nitrogen and oxygen atoms in total. The third kappa shape index (κ3) is 3.10. The Kier molecular flexibility index (Phi) is 4.66. The van der Waals surface area contributed by atoms with E-state index in [1.807, 2.05) is 13.8 Å². The van der Waals surface area contributed by atoms with Gasteiger partial charge in [0.25, 0.3) is 0 Å². The molecule has 0 aromatic heterocycles. The van der Waals surface area contributed by atoms with Gasteiger partial charge in [-0.3, -0.25) is 0 Å². The number of halogens is 1. The van der Waals surface area contributed by atoms with Crippen LogP contribution >= 0.6 is 11.6 Å². The van der Waals surface area contributed by atoms with Crippen LogP contribution in [0.15, 0.2) is 23.1 Å². The van der Waals surface area contributed by atoms with E-state index in [2.05, 4.69) is 4.72 Å². The molecular formula is C14H20ClNO4S. The van der Waals surface area contributed by atoms with E-state index in [9.17, 15) is 8.42 Å². The number of ether oxygens (including phenoxy) is 1. The molecule has 0 amide bonds. The van der Waals surface area contributed by atoms with Crippen LogP contribution in [0, 0.1) is 5.41 Å². The van der Waals surface area contributed by atoms with Crippen molar-refractivity contribution in [2.24, 2.45) is 5.41 Å².